The molecule has 2 aliphatic carbocycles. The molecule has 0 bridgehead atoms. The van der Waals surface area contributed by atoms with Crippen molar-refractivity contribution < 1.29 is 4.79 Å². The zero-order chi connectivity index (χ0) is 8.28. The molecule has 0 aromatic carbocycles. The Kier molecular flexibility index (Phi) is 1.13. The molecule has 0 aliphatic heterocycles. The van der Waals surface area contributed by atoms with Gasteiger partial charge in [-0.1, -0.05) is 20.8 Å². The minimum Gasteiger partial charge on any atom is -0.303 e. The summed E-state index contributed by atoms with van der Waals surface area (Å²) >= 11 is 0. The Labute approximate surface area is 68.2 Å². The number of hydrogen-bond acceptors (Lipinski definition) is 1. The zero-order valence-corrected chi connectivity index (χ0v) is 7.55. The van der Waals surface area contributed by atoms with Gasteiger partial charge in [-0.25, -0.2) is 0 Å². The SMILES string of the molecule is CC1(C)[C@@H]2CC[C@@](C)(C=O)[C@@H]21. The van der Waals surface area contributed by atoms with Crippen LogP contribution >= 0.6 is 0 Å². The third-order valence-corrected chi connectivity index (χ3v) is 4.02. The fourth-order valence-corrected chi connectivity index (χ4v) is 3.35. The van der Waals surface area contributed by atoms with Gasteiger partial charge in [-0.15, -0.1) is 0 Å². The number of carbonyl (C=O) groups excluding carboxylic acids is 1. The first-order valence-corrected chi connectivity index (χ1v) is 4.49. The van der Waals surface area contributed by atoms with E-state index in [0.717, 1.165) is 12.3 Å². The molecular weight excluding hydrogens is 136 g/mol. The van der Waals surface area contributed by atoms with E-state index < -0.39 is 0 Å². The molecule has 2 saturated carbocycles. The van der Waals surface area contributed by atoms with Crippen LogP contribution in [0.5, 0.6) is 0 Å². The van der Waals surface area contributed by atoms with Gasteiger partial charge in [0.05, 0.1) is 0 Å². The molecule has 2 aliphatic rings. The van der Waals surface area contributed by atoms with Crippen molar-refractivity contribution in [3.05, 3.63) is 0 Å². The van der Waals surface area contributed by atoms with E-state index >= 15 is 0 Å². The Balaban J connectivity index is 2.25. The van der Waals surface area contributed by atoms with Crippen molar-refractivity contribution in [3.8, 4) is 0 Å². The summed E-state index contributed by atoms with van der Waals surface area (Å²) in [5, 5.41) is 0. The van der Waals surface area contributed by atoms with E-state index in [1.54, 1.807) is 0 Å². The van der Waals surface area contributed by atoms with E-state index in [4.69, 9.17) is 0 Å². The van der Waals surface area contributed by atoms with Crippen LogP contribution in [0.4, 0.5) is 0 Å². The average molecular weight is 152 g/mol. The van der Waals surface area contributed by atoms with Crippen LogP contribution in [-0.2, 0) is 4.79 Å². The molecular formula is C10H16O. The third-order valence-electron chi connectivity index (χ3n) is 4.02. The second kappa shape index (κ2) is 1.70. The Morgan fingerprint density at radius 3 is 2.27 bits per heavy atom. The van der Waals surface area contributed by atoms with Crippen molar-refractivity contribution in [2.24, 2.45) is 22.7 Å². The molecule has 11 heavy (non-hydrogen) atoms. The second-order valence-corrected chi connectivity index (χ2v) is 5.07. The van der Waals surface area contributed by atoms with Crippen molar-refractivity contribution in [1.82, 2.24) is 0 Å². The lowest BCUT2D eigenvalue weighted by molar-refractivity contribution is -0.116. The van der Waals surface area contributed by atoms with Gasteiger partial charge in [0, 0.05) is 5.41 Å². The molecule has 0 N–H and O–H groups in total. The first-order chi connectivity index (χ1) is 5.02. The van der Waals surface area contributed by atoms with Gasteiger partial charge in [0.1, 0.15) is 6.29 Å². The molecule has 0 aromatic rings. The summed E-state index contributed by atoms with van der Waals surface area (Å²) in [5.74, 6) is 1.53. The van der Waals surface area contributed by atoms with Crippen LogP contribution in [0.1, 0.15) is 33.6 Å². The molecule has 0 aromatic heterocycles. The molecule has 3 atom stereocenters. The van der Waals surface area contributed by atoms with Crippen molar-refractivity contribution in [1.29, 1.82) is 0 Å². The van der Waals surface area contributed by atoms with Crippen LogP contribution in [0.2, 0.25) is 0 Å². The highest BCUT2D eigenvalue weighted by Crippen LogP contribution is 2.72. The summed E-state index contributed by atoms with van der Waals surface area (Å²) in [5.41, 5.74) is 0.488. The van der Waals surface area contributed by atoms with Gasteiger partial charge in [-0.05, 0) is 30.1 Å². The van der Waals surface area contributed by atoms with Crippen molar-refractivity contribution in [2.45, 2.75) is 33.6 Å². The predicted octanol–water partition coefficient (Wildman–Crippen LogP) is 2.26. The molecule has 0 unspecified atom stereocenters. The fourth-order valence-electron chi connectivity index (χ4n) is 3.35. The molecule has 0 radical (unpaired) electrons. The number of rotatable bonds is 1. The van der Waals surface area contributed by atoms with Gasteiger partial charge in [0.25, 0.3) is 0 Å². The largest absolute Gasteiger partial charge is 0.303 e. The van der Waals surface area contributed by atoms with Crippen LogP contribution in [0.3, 0.4) is 0 Å². The summed E-state index contributed by atoms with van der Waals surface area (Å²) in [6, 6.07) is 0. The first-order valence-electron chi connectivity index (χ1n) is 4.49. The molecule has 1 nitrogen and oxygen atoms in total. The third kappa shape index (κ3) is 0.692. The Bertz CT molecular complexity index is 207. The van der Waals surface area contributed by atoms with Gasteiger partial charge in [0.2, 0.25) is 0 Å². The van der Waals surface area contributed by atoms with Crippen LogP contribution < -0.4 is 0 Å². The van der Waals surface area contributed by atoms with E-state index in [2.05, 4.69) is 20.8 Å². The summed E-state index contributed by atoms with van der Waals surface area (Å²) in [7, 11) is 0. The summed E-state index contributed by atoms with van der Waals surface area (Å²) in [4.78, 5) is 10.9. The Morgan fingerprint density at radius 1 is 1.36 bits per heavy atom. The highest BCUT2D eigenvalue weighted by atomic mass is 16.1. The van der Waals surface area contributed by atoms with E-state index in [9.17, 15) is 4.79 Å². The van der Waals surface area contributed by atoms with E-state index in [1.807, 2.05) is 0 Å². The molecule has 62 valence electrons. The number of aldehydes is 1. The van der Waals surface area contributed by atoms with Gasteiger partial charge in [-0.3, -0.25) is 0 Å². The predicted molar refractivity (Wildman–Crippen MR) is 44.2 cm³/mol. The van der Waals surface area contributed by atoms with Crippen LogP contribution in [0.25, 0.3) is 0 Å². The van der Waals surface area contributed by atoms with Gasteiger partial charge >= 0.3 is 0 Å². The van der Waals surface area contributed by atoms with Gasteiger partial charge in [0.15, 0.2) is 0 Å². The standard InChI is InChI=1S/C10H16O/c1-9(2)7-4-5-10(3,6-11)8(7)9/h6-8H,4-5H2,1-3H3/t7-,8+,10+/m1/s1. The lowest BCUT2D eigenvalue weighted by Gasteiger charge is -2.22. The lowest BCUT2D eigenvalue weighted by Crippen LogP contribution is -2.21. The quantitative estimate of drug-likeness (QED) is 0.527. The van der Waals surface area contributed by atoms with E-state index in [0.29, 0.717) is 11.3 Å². The minimum atomic E-state index is 0.0220. The summed E-state index contributed by atoms with van der Waals surface area (Å²) < 4.78 is 0. The second-order valence-electron chi connectivity index (χ2n) is 5.07. The number of hydrogen-bond donors (Lipinski definition) is 0. The van der Waals surface area contributed by atoms with Crippen molar-refractivity contribution in [3.63, 3.8) is 0 Å². The molecule has 0 spiro atoms. The zero-order valence-electron chi connectivity index (χ0n) is 7.55. The van der Waals surface area contributed by atoms with E-state index in [-0.39, 0.29) is 5.41 Å². The number of fused-ring (bicyclic) bond motifs is 1. The number of carbonyl (C=O) groups is 1. The molecule has 2 rings (SSSR count). The van der Waals surface area contributed by atoms with Crippen LogP contribution in [-0.4, -0.2) is 6.29 Å². The maximum Gasteiger partial charge on any atom is 0.126 e. The molecule has 1 heteroatoms. The van der Waals surface area contributed by atoms with E-state index in [1.165, 1.54) is 12.7 Å². The molecule has 0 amide bonds. The minimum absolute atomic E-state index is 0.0220. The fraction of sp³-hybridized carbons (Fsp3) is 0.900. The lowest BCUT2D eigenvalue weighted by atomic mass is 9.81. The summed E-state index contributed by atoms with van der Waals surface area (Å²) in [6.45, 7) is 6.71. The Hall–Kier alpha value is -0.330. The monoisotopic (exact) mass is 152 g/mol. The van der Waals surface area contributed by atoms with Crippen LogP contribution in [0.15, 0.2) is 0 Å². The highest BCUT2D eigenvalue weighted by molar-refractivity contribution is 5.62. The normalized spacial score (nSPS) is 51.9. The highest BCUT2D eigenvalue weighted by Gasteiger charge is 2.68. The molecule has 2 fully saturated rings. The Morgan fingerprint density at radius 2 is 2.00 bits per heavy atom. The van der Waals surface area contributed by atoms with Crippen LogP contribution in [0, 0.1) is 22.7 Å². The van der Waals surface area contributed by atoms with Crippen molar-refractivity contribution in [2.75, 3.05) is 0 Å². The molecule has 0 heterocycles. The topological polar surface area (TPSA) is 17.1 Å². The van der Waals surface area contributed by atoms with Gasteiger partial charge < -0.3 is 4.79 Å². The smallest absolute Gasteiger partial charge is 0.126 e. The molecule has 0 saturated heterocycles. The maximum atomic E-state index is 10.9. The van der Waals surface area contributed by atoms with Crippen molar-refractivity contribution >= 4 is 6.29 Å². The first kappa shape index (κ1) is 7.33. The maximum absolute atomic E-state index is 10.9. The van der Waals surface area contributed by atoms with Gasteiger partial charge in [-0.2, -0.15) is 0 Å². The summed E-state index contributed by atoms with van der Waals surface area (Å²) in [6.07, 6.45) is 3.58. The average Bonchev–Trinajstić information content (AvgIpc) is 2.36.